The van der Waals surface area contributed by atoms with Crippen molar-refractivity contribution in [2.45, 2.75) is 25.9 Å². The standard InChI is InChI=1S/C22H28N2O3S/c1-16-6-5-7-18(14-16)21(25)23-20(12-13-28-4)22(26)24(2)15-17-8-10-19(27-3)11-9-17/h5-11,14,20H,12-13,15H2,1-4H3,(H,23,25). The Morgan fingerprint density at radius 3 is 2.50 bits per heavy atom. The Hall–Kier alpha value is -2.47. The van der Waals surface area contributed by atoms with E-state index in [1.54, 1.807) is 36.9 Å². The van der Waals surface area contributed by atoms with Crippen LogP contribution >= 0.6 is 11.8 Å². The van der Waals surface area contributed by atoms with Gasteiger partial charge in [0.15, 0.2) is 0 Å². The molecule has 150 valence electrons. The van der Waals surface area contributed by atoms with E-state index in [0.29, 0.717) is 18.5 Å². The van der Waals surface area contributed by atoms with Crippen molar-refractivity contribution in [3.8, 4) is 5.75 Å². The SMILES string of the molecule is COc1ccc(CN(C)C(=O)C(CCSC)NC(=O)c2cccc(C)c2)cc1. The fourth-order valence-electron chi connectivity index (χ4n) is 2.87. The summed E-state index contributed by atoms with van der Waals surface area (Å²) < 4.78 is 5.17. The molecule has 2 aromatic rings. The highest BCUT2D eigenvalue weighted by atomic mass is 32.2. The van der Waals surface area contributed by atoms with Gasteiger partial charge >= 0.3 is 0 Å². The highest BCUT2D eigenvalue weighted by Gasteiger charge is 2.24. The summed E-state index contributed by atoms with van der Waals surface area (Å²) in [5.41, 5.74) is 2.58. The lowest BCUT2D eigenvalue weighted by Crippen LogP contribution is -2.47. The lowest BCUT2D eigenvalue weighted by Gasteiger charge is -2.25. The molecule has 28 heavy (non-hydrogen) atoms. The zero-order valence-electron chi connectivity index (χ0n) is 16.9. The van der Waals surface area contributed by atoms with E-state index in [9.17, 15) is 9.59 Å². The van der Waals surface area contributed by atoms with Crippen LogP contribution in [0.1, 0.15) is 27.9 Å². The van der Waals surface area contributed by atoms with Crippen LogP contribution in [0, 0.1) is 6.92 Å². The van der Waals surface area contributed by atoms with E-state index in [-0.39, 0.29) is 11.8 Å². The number of likely N-dealkylation sites (N-methyl/N-ethyl adjacent to an activating group) is 1. The fourth-order valence-corrected chi connectivity index (χ4v) is 3.34. The van der Waals surface area contributed by atoms with E-state index < -0.39 is 6.04 Å². The topological polar surface area (TPSA) is 58.6 Å². The van der Waals surface area contributed by atoms with E-state index in [0.717, 1.165) is 22.6 Å². The molecule has 0 spiro atoms. The fraction of sp³-hybridized carbons (Fsp3) is 0.364. The van der Waals surface area contributed by atoms with Gasteiger partial charge in [0.2, 0.25) is 5.91 Å². The molecule has 0 aliphatic rings. The van der Waals surface area contributed by atoms with Crippen molar-refractivity contribution < 1.29 is 14.3 Å². The third-order valence-electron chi connectivity index (χ3n) is 4.45. The molecule has 5 nitrogen and oxygen atoms in total. The number of hydrogen-bond donors (Lipinski definition) is 1. The minimum absolute atomic E-state index is 0.0918. The van der Waals surface area contributed by atoms with Gasteiger partial charge in [-0.2, -0.15) is 11.8 Å². The third-order valence-corrected chi connectivity index (χ3v) is 5.09. The Balaban J connectivity index is 2.06. The molecular weight excluding hydrogens is 372 g/mol. The normalized spacial score (nSPS) is 11.6. The second kappa shape index (κ2) is 10.8. The van der Waals surface area contributed by atoms with Crippen LogP contribution in [0.25, 0.3) is 0 Å². The van der Waals surface area contributed by atoms with Crippen LogP contribution in [0.2, 0.25) is 0 Å². The van der Waals surface area contributed by atoms with Gasteiger partial charge in [-0.25, -0.2) is 0 Å². The Bertz CT molecular complexity index is 793. The van der Waals surface area contributed by atoms with Crippen molar-refractivity contribution in [1.82, 2.24) is 10.2 Å². The molecular formula is C22H28N2O3S. The molecule has 1 N–H and O–H groups in total. The number of amides is 2. The Labute approximate surface area is 171 Å². The van der Waals surface area contributed by atoms with E-state index in [1.807, 2.05) is 55.6 Å². The molecule has 0 aromatic heterocycles. The Kier molecular flexibility index (Phi) is 8.39. The molecule has 0 aliphatic carbocycles. The predicted molar refractivity (Wildman–Crippen MR) is 115 cm³/mol. The summed E-state index contributed by atoms with van der Waals surface area (Å²) in [5.74, 6) is 1.26. The third kappa shape index (κ3) is 6.30. The van der Waals surface area contributed by atoms with Crippen molar-refractivity contribution in [3.63, 3.8) is 0 Å². The Morgan fingerprint density at radius 2 is 1.89 bits per heavy atom. The molecule has 2 amide bonds. The number of nitrogens with one attached hydrogen (secondary N) is 1. The summed E-state index contributed by atoms with van der Waals surface area (Å²) in [7, 11) is 3.38. The summed E-state index contributed by atoms with van der Waals surface area (Å²) in [6, 6.07) is 14.4. The first-order valence-electron chi connectivity index (χ1n) is 9.19. The molecule has 0 bridgehead atoms. The van der Waals surface area contributed by atoms with Crippen molar-refractivity contribution in [3.05, 3.63) is 65.2 Å². The van der Waals surface area contributed by atoms with Gasteiger partial charge in [-0.3, -0.25) is 9.59 Å². The summed E-state index contributed by atoms with van der Waals surface area (Å²) in [6.45, 7) is 2.41. The van der Waals surface area contributed by atoms with Gasteiger partial charge in [0.1, 0.15) is 11.8 Å². The number of ether oxygens (including phenoxy) is 1. The van der Waals surface area contributed by atoms with Crippen LogP contribution in [0.5, 0.6) is 5.75 Å². The molecule has 0 heterocycles. The molecule has 2 aromatic carbocycles. The van der Waals surface area contributed by atoms with Crippen LogP contribution in [0.15, 0.2) is 48.5 Å². The number of carbonyl (C=O) groups is 2. The zero-order chi connectivity index (χ0) is 20.5. The average molecular weight is 401 g/mol. The monoisotopic (exact) mass is 400 g/mol. The van der Waals surface area contributed by atoms with Crippen molar-refractivity contribution >= 4 is 23.6 Å². The summed E-state index contributed by atoms with van der Waals surface area (Å²) in [5, 5.41) is 2.92. The smallest absolute Gasteiger partial charge is 0.251 e. The van der Waals surface area contributed by atoms with Gasteiger partial charge < -0.3 is 15.0 Å². The summed E-state index contributed by atoms with van der Waals surface area (Å²) in [6.07, 6.45) is 2.58. The maximum Gasteiger partial charge on any atom is 0.251 e. The summed E-state index contributed by atoms with van der Waals surface area (Å²) in [4.78, 5) is 27.3. The van der Waals surface area contributed by atoms with Gasteiger partial charge in [-0.15, -0.1) is 0 Å². The Morgan fingerprint density at radius 1 is 1.18 bits per heavy atom. The van der Waals surface area contributed by atoms with E-state index in [4.69, 9.17) is 4.74 Å². The number of methoxy groups -OCH3 is 1. The molecule has 0 saturated heterocycles. The van der Waals surface area contributed by atoms with Crippen molar-refractivity contribution in [1.29, 1.82) is 0 Å². The minimum atomic E-state index is -0.552. The predicted octanol–water partition coefficient (Wildman–Crippen LogP) is 3.51. The number of aryl methyl sites for hydroxylation is 1. The zero-order valence-corrected chi connectivity index (χ0v) is 17.7. The van der Waals surface area contributed by atoms with E-state index in [2.05, 4.69) is 5.32 Å². The van der Waals surface area contributed by atoms with Crippen LogP contribution in [0.3, 0.4) is 0 Å². The number of benzene rings is 2. The number of rotatable bonds is 9. The molecule has 0 aliphatic heterocycles. The van der Waals surface area contributed by atoms with E-state index in [1.165, 1.54) is 0 Å². The maximum absolute atomic E-state index is 13.0. The van der Waals surface area contributed by atoms with Crippen LogP contribution < -0.4 is 10.1 Å². The average Bonchev–Trinajstić information content (AvgIpc) is 2.70. The number of carbonyl (C=O) groups excluding carboxylic acids is 2. The molecule has 0 radical (unpaired) electrons. The molecule has 6 heteroatoms. The number of thioether (sulfide) groups is 1. The van der Waals surface area contributed by atoms with Crippen LogP contribution in [-0.4, -0.2) is 48.9 Å². The number of hydrogen-bond acceptors (Lipinski definition) is 4. The highest BCUT2D eigenvalue weighted by molar-refractivity contribution is 7.98. The highest BCUT2D eigenvalue weighted by Crippen LogP contribution is 2.14. The lowest BCUT2D eigenvalue weighted by molar-refractivity contribution is -0.132. The minimum Gasteiger partial charge on any atom is -0.497 e. The van der Waals surface area contributed by atoms with Gasteiger partial charge in [-0.05, 0) is 55.2 Å². The number of nitrogens with zero attached hydrogens (tertiary/aromatic N) is 1. The van der Waals surface area contributed by atoms with Crippen molar-refractivity contribution in [2.24, 2.45) is 0 Å². The molecule has 1 atom stereocenters. The first-order chi connectivity index (χ1) is 13.4. The second-order valence-electron chi connectivity index (χ2n) is 6.72. The molecule has 0 fully saturated rings. The largest absolute Gasteiger partial charge is 0.497 e. The van der Waals surface area contributed by atoms with Crippen LogP contribution in [0.4, 0.5) is 0 Å². The van der Waals surface area contributed by atoms with Crippen molar-refractivity contribution in [2.75, 3.05) is 26.2 Å². The van der Waals surface area contributed by atoms with Gasteiger partial charge in [0.25, 0.3) is 5.91 Å². The first-order valence-corrected chi connectivity index (χ1v) is 10.6. The van der Waals surface area contributed by atoms with Gasteiger partial charge in [0.05, 0.1) is 7.11 Å². The molecule has 0 saturated carbocycles. The summed E-state index contributed by atoms with van der Waals surface area (Å²) >= 11 is 1.66. The van der Waals surface area contributed by atoms with Gasteiger partial charge in [0, 0.05) is 19.2 Å². The molecule has 1 unspecified atom stereocenters. The van der Waals surface area contributed by atoms with Gasteiger partial charge in [-0.1, -0.05) is 29.8 Å². The molecule has 2 rings (SSSR count). The lowest BCUT2D eigenvalue weighted by atomic mass is 10.1. The van der Waals surface area contributed by atoms with Crippen LogP contribution in [-0.2, 0) is 11.3 Å². The van der Waals surface area contributed by atoms with E-state index >= 15 is 0 Å². The quantitative estimate of drug-likeness (QED) is 0.700. The second-order valence-corrected chi connectivity index (χ2v) is 7.70. The first kappa shape index (κ1) is 21.8. The maximum atomic E-state index is 13.0.